The summed E-state index contributed by atoms with van der Waals surface area (Å²) in [5, 5.41) is 5.43. The molecule has 0 aliphatic heterocycles. The minimum Gasteiger partial charge on any atom is -0.317 e. The van der Waals surface area contributed by atoms with Gasteiger partial charge in [-0.2, -0.15) is 9.78 Å². The van der Waals surface area contributed by atoms with Gasteiger partial charge in [-0.15, -0.1) is 6.58 Å². The summed E-state index contributed by atoms with van der Waals surface area (Å²) in [4.78, 5) is 12.4. The van der Waals surface area contributed by atoms with Gasteiger partial charge in [0.15, 0.2) is 0 Å². The molecule has 1 heterocycles. The Hall–Kier alpha value is -1.65. The van der Waals surface area contributed by atoms with Crippen molar-refractivity contribution < 1.29 is 4.79 Å². The maximum atomic E-state index is 12.4. The molecular weight excluding hydrogens is 250 g/mol. The van der Waals surface area contributed by atoms with Crippen LogP contribution in [0.3, 0.4) is 0 Å². The first-order valence-corrected chi connectivity index (χ1v) is 6.04. The molecule has 1 aliphatic carbocycles. The molecule has 2 aromatic rings. The van der Waals surface area contributed by atoms with Crippen molar-refractivity contribution in [3.63, 3.8) is 0 Å². The van der Waals surface area contributed by atoms with Gasteiger partial charge in [0.1, 0.15) is 5.54 Å². The molecule has 1 aromatic heterocycles. The van der Waals surface area contributed by atoms with Crippen LogP contribution in [-0.4, -0.2) is 21.2 Å². The number of fused-ring (bicyclic) bond motifs is 1. The van der Waals surface area contributed by atoms with Crippen LogP contribution >= 0.6 is 11.6 Å². The minimum absolute atomic E-state index is 0.0310. The van der Waals surface area contributed by atoms with Gasteiger partial charge in [0.05, 0.1) is 16.7 Å². The quantitative estimate of drug-likeness (QED) is 0.844. The molecular formula is C13H12ClN3O. The standard InChI is InChI=1S/C13H12ClN3O/c1-2-8-6-13(8,15)12(18)17-11-5-3-4-10(14)9(11)7-16-17/h2-5,7-8H,1,6,15H2/t8-,13-/m0/s1. The van der Waals surface area contributed by atoms with Gasteiger partial charge in [-0.25, -0.2) is 0 Å². The summed E-state index contributed by atoms with van der Waals surface area (Å²) in [5.41, 5.74) is 5.88. The maximum Gasteiger partial charge on any atom is 0.268 e. The summed E-state index contributed by atoms with van der Waals surface area (Å²) in [7, 11) is 0. The largest absolute Gasteiger partial charge is 0.317 e. The third kappa shape index (κ3) is 1.43. The number of aromatic nitrogens is 2. The summed E-state index contributed by atoms with van der Waals surface area (Å²) in [5.74, 6) is -0.173. The number of carbonyl (C=O) groups is 1. The monoisotopic (exact) mass is 261 g/mol. The molecule has 0 amide bonds. The molecule has 1 aromatic carbocycles. The molecule has 1 fully saturated rings. The molecule has 0 saturated heterocycles. The van der Waals surface area contributed by atoms with Crippen LogP contribution in [0.1, 0.15) is 11.2 Å². The zero-order chi connectivity index (χ0) is 12.9. The predicted molar refractivity (Wildman–Crippen MR) is 70.6 cm³/mol. The molecule has 1 saturated carbocycles. The van der Waals surface area contributed by atoms with Crippen LogP contribution in [0.15, 0.2) is 37.1 Å². The van der Waals surface area contributed by atoms with Crippen molar-refractivity contribution in [1.29, 1.82) is 0 Å². The first-order chi connectivity index (χ1) is 8.58. The second-order valence-electron chi connectivity index (χ2n) is 4.62. The van der Waals surface area contributed by atoms with Gasteiger partial charge in [-0.1, -0.05) is 23.7 Å². The highest BCUT2D eigenvalue weighted by atomic mass is 35.5. The van der Waals surface area contributed by atoms with E-state index in [2.05, 4.69) is 11.7 Å². The van der Waals surface area contributed by atoms with Crippen molar-refractivity contribution in [3.8, 4) is 0 Å². The summed E-state index contributed by atoms with van der Waals surface area (Å²) >= 11 is 6.05. The number of halogens is 1. The lowest BCUT2D eigenvalue weighted by Crippen LogP contribution is -2.39. The Labute approximate surface area is 109 Å². The number of hydrogen-bond donors (Lipinski definition) is 1. The zero-order valence-corrected chi connectivity index (χ0v) is 10.4. The number of nitrogens with zero attached hydrogens (tertiary/aromatic N) is 2. The lowest BCUT2D eigenvalue weighted by Gasteiger charge is -2.09. The lowest BCUT2D eigenvalue weighted by molar-refractivity contribution is 0.0850. The fourth-order valence-corrected chi connectivity index (χ4v) is 2.44. The summed E-state index contributed by atoms with van der Waals surface area (Å²) in [6.45, 7) is 3.68. The summed E-state index contributed by atoms with van der Waals surface area (Å²) in [6.07, 6.45) is 3.93. The van der Waals surface area contributed by atoms with Crippen LogP contribution in [0.25, 0.3) is 10.9 Å². The number of rotatable bonds is 2. The summed E-state index contributed by atoms with van der Waals surface area (Å²) < 4.78 is 1.34. The Bertz CT molecular complexity index is 663. The first kappa shape index (κ1) is 11.4. The molecule has 1 aliphatic rings. The molecule has 2 N–H and O–H groups in total. The van der Waals surface area contributed by atoms with E-state index in [4.69, 9.17) is 17.3 Å². The van der Waals surface area contributed by atoms with Crippen LogP contribution in [-0.2, 0) is 0 Å². The highest BCUT2D eigenvalue weighted by Gasteiger charge is 2.56. The van der Waals surface area contributed by atoms with Crippen molar-refractivity contribution in [2.75, 3.05) is 0 Å². The van der Waals surface area contributed by atoms with E-state index in [0.717, 1.165) is 5.39 Å². The van der Waals surface area contributed by atoms with E-state index in [0.29, 0.717) is 17.0 Å². The third-order valence-electron chi connectivity index (χ3n) is 3.49. The Morgan fingerprint density at radius 1 is 1.67 bits per heavy atom. The molecule has 5 heteroatoms. The Morgan fingerprint density at radius 2 is 2.44 bits per heavy atom. The Kier molecular flexibility index (Phi) is 2.33. The molecule has 2 atom stereocenters. The van der Waals surface area contributed by atoms with E-state index in [1.807, 2.05) is 0 Å². The SMILES string of the molecule is C=C[C@H]1C[C@@]1(N)C(=O)n1ncc2c(Cl)cccc21. The maximum absolute atomic E-state index is 12.4. The predicted octanol–water partition coefficient (Wildman–Crippen LogP) is 2.23. The highest BCUT2D eigenvalue weighted by Crippen LogP contribution is 2.43. The molecule has 3 rings (SSSR count). The Morgan fingerprint density at radius 3 is 3.11 bits per heavy atom. The van der Waals surface area contributed by atoms with Gasteiger partial charge in [0.2, 0.25) is 0 Å². The smallest absolute Gasteiger partial charge is 0.268 e. The van der Waals surface area contributed by atoms with E-state index >= 15 is 0 Å². The zero-order valence-electron chi connectivity index (χ0n) is 9.64. The average molecular weight is 262 g/mol. The van der Waals surface area contributed by atoms with Gasteiger partial charge in [-0.05, 0) is 18.6 Å². The molecule has 0 spiro atoms. The van der Waals surface area contributed by atoms with Crippen molar-refractivity contribution in [2.45, 2.75) is 12.0 Å². The van der Waals surface area contributed by atoms with Crippen LogP contribution in [0.2, 0.25) is 5.02 Å². The Balaban J connectivity index is 2.09. The van der Waals surface area contributed by atoms with Gasteiger partial charge >= 0.3 is 0 Å². The van der Waals surface area contributed by atoms with Crippen LogP contribution in [0.5, 0.6) is 0 Å². The fourth-order valence-electron chi connectivity index (χ4n) is 2.22. The molecule has 0 unspecified atom stereocenters. The first-order valence-electron chi connectivity index (χ1n) is 5.66. The molecule has 4 nitrogen and oxygen atoms in total. The second kappa shape index (κ2) is 3.67. The van der Waals surface area contributed by atoms with Crippen LogP contribution < -0.4 is 5.73 Å². The average Bonchev–Trinajstić information content (AvgIpc) is 2.85. The van der Waals surface area contributed by atoms with E-state index in [1.54, 1.807) is 30.5 Å². The van der Waals surface area contributed by atoms with E-state index in [9.17, 15) is 4.79 Å². The van der Waals surface area contributed by atoms with Crippen LogP contribution in [0.4, 0.5) is 0 Å². The number of carbonyl (C=O) groups excluding carboxylic acids is 1. The van der Waals surface area contributed by atoms with Crippen molar-refractivity contribution in [2.24, 2.45) is 11.7 Å². The van der Waals surface area contributed by atoms with Crippen molar-refractivity contribution in [3.05, 3.63) is 42.1 Å². The van der Waals surface area contributed by atoms with Gasteiger partial charge in [0, 0.05) is 11.3 Å². The van der Waals surface area contributed by atoms with Gasteiger partial charge in [-0.3, -0.25) is 4.79 Å². The van der Waals surface area contributed by atoms with Crippen molar-refractivity contribution in [1.82, 2.24) is 9.78 Å². The fraction of sp³-hybridized carbons (Fsp3) is 0.231. The molecule has 0 bridgehead atoms. The van der Waals surface area contributed by atoms with Gasteiger partial charge in [0.25, 0.3) is 5.91 Å². The minimum atomic E-state index is -0.858. The topological polar surface area (TPSA) is 60.9 Å². The van der Waals surface area contributed by atoms with E-state index < -0.39 is 5.54 Å². The second-order valence-corrected chi connectivity index (χ2v) is 5.03. The number of benzene rings is 1. The molecule has 92 valence electrons. The third-order valence-corrected chi connectivity index (χ3v) is 3.82. The normalized spacial score (nSPS) is 26.2. The van der Waals surface area contributed by atoms with Crippen LogP contribution in [0, 0.1) is 5.92 Å². The summed E-state index contributed by atoms with van der Waals surface area (Å²) in [6, 6.07) is 5.36. The van der Waals surface area contributed by atoms with Gasteiger partial charge < -0.3 is 5.73 Å². The van der Waals surface area contributed by atoms with E-state index in [1.165, 1.54) is 4.68 Å². The molecule has 0 radical (unpaired) electrons. The molecule has 18 heavy (non-hydrogen) atoms. The lowest BCUT2D eigenvalue weighted by atomic mass is 10.2. The number of hydrogen-bond acceptors (Lipinski definition) is 3. The highest BCUT2D eigenvalue weighted by molar-refractivity contribution is 6.35. The van der Waals surface area contributed by atoms with Crippen molar-refractivity contribution >= 4 is 28.4 Å². The van der Waals surface area contributed by atoms with E-state index in [-0.39, 0.29) is 11.8 Å². The number of nitrogens with two attached hydrogens (primary N) is 1.